The molecule has 0 saturated carbocycles. The standard InChI is InChI=1S/C34H41NO13/c1-4-34(45)14-19(48-22-13-17(28(39)15(2)47-22)35-20(37)11-6-5-7-12-21(38)46-3)24-27(33(34)44)32(43)25-26(31(24)42)30(41)23-16(29(25)40)9-8-10-18(23)36/h8-10,15,17,19,22,28,33,36,39,42-45H,4-7,11-14H2,1-3H3,(H,35,37)/t15-,17-,19-,22-,28+,33+,34+/m0/s1. The van der Waals surface area contributed by atoms with Crippen LogP contribution >= 0.6 is 0 Å². The Morgan fingerprint density at radius 3 is 2.33 bits per heavy atom. The minimum atomic E-state index is -1.91. The third kappa shape index (κ3) is 6.26. The molecule has 0 unspecified atom stereocenters. The number of unbranched alkanes of at least 4 members (excludes halogenated alkanes) is 2. The van der Waals surface area contributed by atoms with Crippen molar-refractivity contribution in [1.82, 2.24) is 5.32 Å². The molecule has 14 nitrogen and oxygen atoms in total. The highest BCUT2D eigenvalue weighted by Crippen LogP contribution is 2.56. The van der Waals surface area contributed by atoms with Gasteiger partial charge < -0.3 is 50.2 Å². The number of carbonyl (C=O) groups excluding carboxylic acids is 4. The van der Waals surface area contributed by atoms with E-state index >= 15 is 0 Å². The van der Waals surface area contributed by atoms with Crippen LogP contribution in [0.2, 0.25) is 0 Å². The highest BCUT2D eigenvalue weighted by Gasteiger charge is 2.51. The zero-order chi connectivity index (χ0) is 35.1. The summed E-state index contributed by atoms with van der Waals surface area (Å²) in [6.45, 7) is 3.16. The van der Waals surface area contributed by atoms with E-state index in [0.717, 1.165) is 0 Å². The maximum atomic E-state index is 13.6. The predicted molar refractivity (Wildman–Crippen MR) is 165 cm³/mol. The molecule has 1 amide bonds. The Morgan fingerprint density at radius 1 is 0.979 bits per heavy atom. The summed E-state index contributed by atoms with van der Waals surface area (Å²) in [5, 5.41) is 69.9. The number of benzene rings is 2. The van der Waals surface area contributed by atoms with Crippen molar-refractivity contribution < 1.29 is 64.0 Å². The smallest absolute Gasteiger partial charge is 0.305 e. The number of phenols is 3. The molecule has 3 aliphatic rings. The number of fused-ring (bicyclic) bond motifs is 3. The van der Waals surface area contributed by atoms with Gasteiger partial charge in [0.15, 0.2) is 12.1 Å². The Labute approximate surface area is 276 Å². The lowest BCUT2D eigenvalue weighted by Gasteiger charge is -2.45. The van der Waals surface area contributed by atoms with E-state index in [1.807, 2.05) is 0 Å². The molecule has 2 aliphatic carbocycles. The van der Waals surface area contributed by atoms with Crippen LogP contribution in [0.1, 0.15) is 120 Å². The van der Waals surface area contributed by atoms with Gasteiger partial charge in [-0.15, -0.1) is 0 Å². The number of ether oxygens (including phenoxy) is 3. The van der Waals surface area contributed by atoms with Crippen LogP contribution in [0.3, 0.4) is 0 Å². The molecule has 1 saturated heterocycles. The summed E-state index contributed by atoms with van der Waals surface area (Å²) in [6, 6.07) is 3.02. The lowest BCUT2D eigenvalue weighted by atomic mass is 9.70. The van der Waals surface area contributed by atoms with E-state index in [9.17, 15) is 49.8 Å². The van der Waals surface area contributed by atoms with E-state index in [-0.39, 0.29) is 60.7 Å². The molecule has 1 fully saturated rings. The first-order valence-corrected chi connectivity index (χ1v) is 16.0. The third-order valence-electron chi connectivity index (χ3n) is 9.63. The highest BCUT2D eigenvalue weighted by molar-refractivity contribution is 6.31. The first-order valence-electron chi connectivity index (χ1n) is 16.0. The molecule has 0 spiro atoms. The van der Waals surface area contributed by atoms with Crippen molar-refractivity contribution in [3.63, 3.8) is 0 Å². The molecule has 0 radical (unpaired) electrons. The van der Waals surface area contributed by atoms with Gasteiger partial charge in [-0.25, -0.2) is 0 Å². The average molecular weight is 672 g/mol. The van der Waals surface area contributed by atoms with Crippen molar-refractivity contribution in [2.24, 2.45) is 0 Å². The number of esters is 1. The number of rotatable bonds is 10. The second kappa shape index (κ2) is 13.8. The van der Waals surface area contributed by atoms with E-state index in [1.165, 1.54) is 25.3 Å². The van der Waals surface area contributed by atoms with Gasteiger partial charge >= 0.3 is 5.97 Å². The van der Waals surface area contributed by atoms with Gasteiger partial charge in [-0.2, -0.15) is 0 Å². The predicted octanol–water partition coefficient (Wildman–Crippen LogP) is 2.32. The zero-order valence-corrected chi connectivity index (χ0v) is 26.9. The molecule has 0 bridgehead atoms. The molecule has 14 heteroatoms. The molecule has 1 aliphatic heterocycles. The number of hydrogen-bond donors (Lipinski definition) is 7. The fourth-order valence-corrected chi connectivity index (χ4v) is 6.87. The number of aromatic hydroxyl groups is 3. The molecule has 2 aromatic carbocycles. The fourth-order valence-electron chi connectivity index (χ4n) is 6.87. The van der Waals surface area contributed by atoms with Gasteiger partial charge in [-0.05, 0) is 32.3 Å². The molecule has 260 valence electrons. The van der Waals surface area contributed by atoms with Crippen LogP contribution in [0.15, 0.2) is 18.2 Å². The number of aliphatic hydroxyl groups excluding tert-OH is 2. The van der Waals surface area contributed by atoms with Crippen molar-refractivity contribution in [2.45, 2.75) is 108 Å². The molecule has 48 heavy (non-hydrogen) atoms. The Kier molecular flexibility index (Phi) is 10.1. The van der Waals surface area contributed by atoms with Gasteiger partial charge in [0.2, 0.25) is 11.7 Å². The third-order valence-corrected chi connectivity index (χ3v) is 9.63. The fraction of sp³-hybridized carbons (Fsp3) is 0.529. The lowest BCUT2D eigenvalue weighted by Crippen LogP contribution is -2.55. The van der Waals surface area contributed by atoms with E-state index < -0.39 is 87.9 Å². The minimum absolute atomic E-state index is 0.0344. The quantitative estimate of drug-likeness (QED) is 0.0934. The summed E-state index contributed by atoms with van der Waals surface area (Å²) in [5.41, 5.74) is -4.27. The largest absolute Gasteiger partial charge is 0.507 e. The average Bonchev–Trinajstić information content (AvgIpc) is 3.05. The van der Waals surface area contributed by atoms with Crippen LogP contribution in [0.25, 0.3) is 0 Å². The molecule has 5 rings (SSSR count). The first kappa shape index (κ1) is 35.2. The van der Waals surface area contributed by atoms with Gasteiger partial charge in [0.1, 0.15) is 29.5 Å². The van der Waals surface area contributed by atoms with Gasteiger partial charge in [-0.1, -0.05) is 25.5 Å². The number of carbonyl (C=O) groups is 4. The van der Waals surface area contributed by atoms with Gasteiger partial charge in [0.25, 0.3) is 0 Å². The number of methoxy groups -OCH3 is 1. The molecular formula is C34H41NO13. The van der Waals surface area contributed by atoms with Crippen molar-refractivity contribution in [1.29, 1.82) is 0 Å². The number of aliphatic hydroxyl groups is 3. The summed E-state index contributed by atoms with van der Waals surface area (Å²) >= 11 is 0. The Morgan fingerprint density at radius 2 is 1.65 bits per heavy atom. The number of amides is 1. The monoisotopic (exact) mass is 671 g/mol. The SMILES string of the molecule is CC[C@@]1(O)C[C@H](O[C@H]2C[C@H](NC(=O)CCCCCC(=O)OC)[C@H](O)[C@H](C)O2)c2c(O)c3c(c(O)c2[C@H]1O)C(=O)c1cccc(O)c1C3=O. The summed E-state index contributed by atoms with van der Waals surface area (Å²) in [4.78, 5) is 51.2. The van der Waals surface area contributed by atoms with Crippen molar-refractivity contribution in [3.05, 3.63) is 51.6 Å². The van der Waals surface area contributed by atoms with Gasteiger partial charge in [-0.3, -0.25) is 19.2 Å². The summed E-state index contributed by atoms with van der Waals surface area (Å²) in [6.07, 6.45) is -4.53. The van der Waals surface area contributed by atoms with E-state index in [2.05, 4.69) is 10.1 Å². The number of hydrogen-bond acceptors (Lipinski definition) is 13. The van der Waals surface area contributed by atoms with E-state index in [4.69, 9.17) is 9.47 Å². The maximum absolute atomic E-state index is 13.6. The molecule has 1 heterocycles. The van der Waals surface area contributed by atoms with E-state index in [0.29, 0.717) is 19.3 Å². The van der Waals surface area contributed by atoms with Crippen LogP contribution in [0.4, 0.5) is 0 Å². The number of phenolic OH excluding ortho intramolecular Hbond substituents is 3. The second-order valence-electron chi connectivity index (χ2n) is 12.6. The summed E-state index contributed by atoms with van der Waals surface area (Å²) < 4.78 is 16.7. The first-order chi connectivity index (χ1) is 22.7. The second-order valence-corrected chi connectivity index (χ2v) is 12.6. The van der Waals surface area contributed by atoms with Crippen LogP contribution in [0, 0.1) is 0 Å². The van der Waals surface area contributed by atoms with Crippen molar-refractivity contribution in [2.75, 3.05) is 7.11 Å². The van der Waals surface area contributed by atoms with Crippen molar-refractivity contribution in [3.8, 4) is 17.2 Å². The normalized spacial score (nSPS) is 27.9. The number of nitrogens with one attached hydrogen (secondary N) is 1. The molecule has 7 N–H and O–H groups in total. The minimum Gasteiger partial charge on any atom is -0.507 e. The Balaban J connectivity index is 1.43. The van der Waals surface area contributed by atoms with E-state index in [1.54, 1.807) is 13.8 Å². The summed E-state index contributed by atoms with van der Waals surface area (Å²) in [7, 11) is 1.31. The highest BCUT2D eigenvalue weighted by atomic mass is 16.7. The Bertz CT molecular complexity index is 1620. The summed E-state index contributed by atoms with van der Waals surface area (Å²) in [5.74, 6) is -4.56. The van der Waals surface area contributed by atoms with Crippen LogP contribution in [-0.4, -0.2) is 91.3 Å². The zero-order valence-electron chi connectivity index (χ0n) is 26.9. The van der Waals surface area contributed by atoms with Gasteiger partial charge in [0, 0.05) is 42.4 Å². The van der Waals surface area contributed by atoms with Crippen molar-refractivity contribution >= 4 is 23.4 Å². The van der Waals surface area contributed by atoms with Crippen LogP contribution < -0.4 is 5.32 Å². The lowest BCUT2D eigenvalue weighted by molar-refractivity contribution is -0.254. The van der Waals surface area contributed by atoms with Crippen LogP contribution in [0.5, 0.6) is 17.2 Å². The molecular weight excluding hydrogens is 630 g/mol. The maximum Gasteiger partial charge on any atom is 0.305 e. The topological polar surface area (TPSA) is 229 Å². The molecule has 7 atom stereocenters. The number of ketones is 2. The molecule has 0 aromatic heterocycles. The Hall–Kier alpha value is -4.08. The van der Waals surface area contributed by atoms with Gasteiger partial charge in [0.05, 0.1) is 47.7 Å². The van der Waals surface area contributed by atoms with Crippen LogP contribution in [-0.2, 0) is 23.8 Å². The molecule has 2 aromatic rings.